The first-order chi connectivity index (χ1) is 8.63. The Morgan fingerprint density at radius 3 is 3.00 bits per heavy atom. The van der Waals surface area contributed by atoms with Gasteiger partial charge < -0.3 is 10.1 Å². The summed E-state index contributed by atoms with van der Waals surface area (Å²) in [6, 6.07) is 1.94. The number of nitrogens with zero attached hydrogens (tertiary/aromatic N) is 1. The van der Waals surface area contributed by atoms with Crippen molar-refractivity contribution in [2.24, 2.45) is 5.92 Å². The zero-order valence-corrected chi connectivity index (χ0v) is 11.7. The number of ether oxygens (including phenoxy) is 1. The Bertz CT molecular complexity index is 492. The van der Waals surface area contributed by atoms with E-state index in [2.05, 4.69) is 26.2 Å². The van der Waals surface area contributed by atoms with Gasteiger partial charge in [-0.2, -0.15) is 0 Å². The van der Waals surface area contributed by atoms with E-state index >= 15 is 0 Å². The largest absolute Gasteiger partial charge is 0.374 e. The van der Waals surface area contributed by atoms with Gasteiger partial charge >= 0.3 is 0 Å². The van der Waals surface area contributed by atoms with Crippen LogP contribution >= 0.6 is 15.9 Å². The standard InChI is InChI=1S/C13H15BrN2O2/c1-7-4-8(14)6-15-12(7)16-13(17)10-5-9-2-3-11(10)18-9/h4,6,9-11H,2-3,5H2,1H3,(H,15,16,17)/t9-,10+,11-/m1/s1. The van der Waals surface area contributed by atoms with Crippen molar-refractivity contribution >= 4 is 27.7 Å². The van der Waals surface area contributed by atoms with Crippen molar-refractivity contribution in [1.29, 1.82) is 0 Å². The maximum atomic E-state index is 12.2. The lowest BCUT2D eigenvalue weighted by atomic mass is 9.88. The van der Waals surface area contributed by atoms with E-state index in [0.29, 0.717) is 11.9 Å². The van der Waals surface area contributed by atoms with Crippen molar-refractivity contribution in [1.82, 2.24) is 4.98 Å². The van der Waals surface area contributed by atoms with Crippen LogP contribution in [0.4, 0.5) is 5.82 Å². The number of amides is 1. The minimum absolute atomic E-state index is 0.00593. The number of carbonyl (C=O) groups excluding carboxylic acids is 1. The highest BCUT2D eigenvalue weighted by Gasteiger charge is 2.44. The predicted octanol–water partition coefficient (Wildman–Crippen LogP) is 2.66. The smallest absolute Gasteiger partial charge is 0.231 e. The van der Waals surface area contributed by atoms with Crippen molar-refractivity contribution in [3.05, 3.63) is 22.3 Å². The summed E-state index contributed by atoms with van der Waals surface area (Å²) >= 11 is 3.36. The molecule has 0 radical (unpaired) electrons. The molecule has 96 valence electrons. The summed E-state index contributed by atoms with van der Waals surface area (Å²) in [4.78, 5) is 16.4. The van der Waals surface area contributed by atoms with E-state index in [-0.39, 0.29) is 17.9 Å². The van der Waals surface area contributed by atoms with E-state index in [1.165, 1.54) is 0 Å². The van der Waals surface area contributed by atoms with Crippen molar-refractivity contribution < 1.29 is 9.53 Å². The quantitative estimate of drug-likeness (QED) is 0.913. The zero-order chi connectivity index (χ0) is 12.7. The minimum Gasteiger partial charge on any atom is -0.374 e. The summed E-state index contributed by atoms with van der Waals surface area (Å²) in [5, 5.41) is 2.91. The molecule has 1 aromatic heterocycles. The monoisotopic (exact) mass is 310 g/mol. The fourth-order valence-electron chi connectivity index (χ4n) is 2.79. The van der Waals surface area contributed by atoms with Crippen LogP contribution in [0.1, 0.15) is 24.8 Å². The van der Waals surface area contributed by atoms with E-state index in [1.54, 1.807) is 6.20 Å². The van der Waals surface area contributed by atoms with Crippen LogP contribution in [0.5, 0.6) is 0 Å². The Morgan fingerprint density at radius 1 is 1.56 bits per heavy atom. The number of aromatic nitrogens is 1. The third-order valence-corrected chi connectivity index (χ3v) is 4.16. The number of aryl methyl sites for hydroxylation is 1. The number of rotatable bonds is 2. The highest BCUT2D eigenvalue weighted by atomic mass is 79.9. The Balaban J connectivity index is 1.71. The highest BCUT2D eigenvalue weighted by molar-refractivity contribution is 9.10. The van der Waals surface area contributed by atoms with Crippen LogP contribution in [0.25, 0.3) is 0 Å². The van der Waals surface area contributed by atoms with E-state index in [0.717, 1.165) is 29.3 Å². The Hall–Kier alpha value is -0.940. The number of carbonyl (C=O) groups is 1. The van der Waals surface area contributed by atoms with Gasteiger partial charge in [-0.3, -0.25) is 4.79 Å². The topological polar surface area (TPSA) is 51.2 Å². The van der Waals surface area contributed by atoms with Gasteiger partial charge in [0.15, 0.2) is 0 Å². The minimum atomic E-state index is -0.00593. The summed E-state index contributed by atoms with van der Waals surface area (Å²) in [5.41, 5.74) is 0.960. The van der Waals surface area contributed by atoms with Gasteiger partial charge in [-0.1, -0.05) is 0 Å². The fraction of sp³-hybridized carbons (Fsp3) is 0.538. The first kappa shape index (κ1) is 12.1. The van der Waals surface area contributed by atoms with Crippen molar-refractivity contribution in [3.8, 4) is 0 Å². The second-order valence-corrected chi connectivity index (χ2v) is 5.94. The number of hydrogen-bond donors (Lipinski definition) is 1. The molecule has 0 unspecified atom stereocenters. The number of nitrogens with one attached hydrogen (secondary N) is 1. The number of fused-ring (bicyclic) bond motifs is 2. The molecule has 4 nitrogen and oxygen atoms in total. The van der Waals surface area contributed by atoms with Crippen LogP contribution in [-0.4, -0.2) is 23.1 Å². The van der Waals surface area contributed by atoms with Crippen LogP contribution in [0.15, 0.2) is 16.7 Å². The predicted molar refractivity (Wildman–Crippen MR) is 71.3 cm³/mol. The lowest BCUT2D eigenvalue weighted by molar-refractivity contribution is -0.121. The molecule has 1 N–H and O–H groups in total. The molecular weight excluding hydrogens is 296 g/mol. The van der Waals surface area contributed by atoms with E-state index in [4.69, 9.17) is 4.74 Å². The molecule has 1 aromatic rings. The maximum absolute atomic E-state index is 12.2. The average molecular weight is 311 g/mol. The SMILES string of the molecule is Cc1cc(Br)cnc1NC(=O)[C@H]1C[C@H]2CC[C@H]1O2. The molecule has 0 saturated carbocycles. The van der Waals surface area contributed by atoms with Crippen LogP contribution in [-0.2, 0) is 9.53 Å². The third kappa shape index (κ3) is 2.17. The van der Waals surface area contributed by atoms with Crippen LogP contribution in [0, 0.1) is 12.8 Å². The number of hydrogen-bond acceptors (Lipinski definition) is 3. The molecule has 2 aliphatic heterocycles. The van der Waals surface area contributed by atoms with E-state index in [9.17, 15) is 4.79 Å². The summed E-state index contributed by atoms with van der Waals surface area (Å²) in [5.74, 6) is 0.680. The van der Waals surface area contributed by atoms with Gasteiger partial charge in [0, 0.05) is 10.7 Å². The molecule has 0 aromatic carbocycles. The van der Waals surface area contributed by atoms with E-state index < -0.39 is 0 Å². The summed E-state index contributed by atoms with van der Waals surface area (Å²) in [6.07, 6.45) is 5.07. The van der Waals surface area contributed by atoms with Crippen molar-refractivity contribution in [3.63, 3.8) is 0 Å². The fourth-order valence-corrected chi connectivity index (χ4v) is 3.24. The van der Waals surface area contributed by atoms with Gasteiger partial charge in [0.25, 0.3) is 0 Å². The molecule has 2 fully saturated rings. The molecule has 18 heavy (non-hydrogen) atoms. The first-order valence-electron chi connectivity index (χ1n) is 6.22. The summed E-state index contributed by atoms with van der Waals surface area (Å²) in [7, 11) is 0. The van der Waals surface area contributed by atoms with E-state index in [1.807, 2.05) is 13.0 Å². The lowest BCUT2D eigenvalue weighted by Gasteiger charge is -2.18. The normalized spacial score (nSPS) is 29.6. The third-order valence-electron chi connectivity index (χ3n) is 3.73. The van der Waals surface area contributed by atoms with Crippen LogP contribution in [0.3, 0.4) is 0 Å². The first-order valence-corrected chi connectivity index (χ1v) is 7.01. The molecule has 0 aliphatic carbocycles. The average Bonchev–Trinajstić information content (AvgIpc) is 2.94. The van der Waals surface area contributed by atoms with Crippen LogP contribution < -0.4 is 5.32 Å². The van der Waals surface area contributed by atoms with Gasteiger partial charge in [-0.15, -0.1) is 0 Å². The Labute approximate surface area is 114 Å². The highest BCUT2D eigenvalue weighted by Crippen LogP contribution is 2.39. The molecule has 3 heterocycles. The number of halogens is 1. The zero-order valence-electron chi connectivity index (χ0n) is 10.1. The second kappa shape index (κ2) is 4.63. The van der Waals surface area contributed by atoms with Gasteiger partial charge in [0.05, 0.1) is 18.1 Å². The van der Waals surface area contributed by atoms with Gasteiger partial charge in [0.1, 0.15) is 5.82 Å². The summed E-state index contributed by atoms with van der Waals surface area (Å²) < 4.78 is 6.62. The maximum Gasteiger partial charge on any atom is 0.231 e. The molecule has 3 atom stereocenters. The lowest BCUT2D eigenvalue weighted by Crippen LogP contribution is -2.31. The second-order valence-electron chi connectivity index (χ2n) is 5.02. The molecular formula is C13H15BrN2O2. The molecule has 0 spiro atoms. The molecule has 1 amide bonds. The molecule has 2 aliphatic rings. The number of pyridine rings is 1. The Kier molecular flexibility index (Phi) is 3.11. The van der Waals surface area contributed by atoms with Crippen LogP contribution in [0.2, 0.25) is 0 Å². The number of anilines is 1. The molecule has 3 rings (SSSR count). The van der Waals surface area contributed by atoms with Crippen molar-refractivity contribution in [2.45, 2.75) is 38.4 Å². The van der Waals surface area contributed by atoms with Gasteiger partial charge in [-0.25, -0.2) is 4.98 Å². The molecule has 2 bridgehead atoms. The van der Waals surface area contributed by atoms with Gasteiger partial charge in [-0.05, 0) is 53.7 Å². The molecule has 5 heteroatoms. The van der Waals surface area contributed by atoms with Crippen molar-refractivity contribution in [2.75, 3.05) is 5.32 Å². The Morgan fingerprint density at radius 2 is 2.39 bits per heavy atom. The summed E-state index contributed by atoms with van der Waals surface area (Å²) in [6.45, 7) is 1.94. The molecule has 2 saturated heterocycles. The van der Waals surface area contributed by atoms with Gasteiger partial charge in [0.2, 0.25) is 5.91 Å².